The number of halogens is 2. The van der Waals surface area contributed by atoms with Crippen molar-refractivity contribution in [3.63, 3.8) is 0 Å². The van der Waals surface area contributed by atoms with E-state index in [0.29, 0.717) is 21.5 Å². The summed E-state index contributed by atoms with van der Waals surface area (Å²) in [5.41, 5.74) is 0.652. The molecule has 6 nitrogen and oxygen atoms in total. The molecule has 0 spiro atoms. The maximum Gasteiger partial charge on any atom is 0.343 e. The van der Waals surface area contributed by atoms with Crippen LogP contribution >= 0.6 is 11.3 Å². The number of carbonyl (C=O) groups is 1. The number of thiophene rings is 1. The van der Waals surface area contributed by atoms with E-state index in [1.54, 1.807) is 26.0 Å². The minimum Gasteiger partial charge on any atom is -0.468 e. The number of carbonyl (C=O) groups excluding carboxylic acids is 1. The van der Waals surface area contributed by atoms with Crippen molar-refractivity contribution in [2.75, 3.05) is 20.5 Å². The van der Waals surface area contributed by atoms with Gasteiger partial charge in [-0.15, -0.1) is 11.3 Å². The highest BCUT2D eigenvalue weighted by molar-refractivity contribution is 7.22. The van der Waals surface area contributed by atoms with Crippen LogP contribution in [-0.2, 0) is 16.0 Å². The first-order valence-electron chi connectivity index (χ1n) is 10.8. The Morgan fingerprint density at radius 1 is 1.09 bits per heavy atom. The molecular formula is C26H23F2NO5S. The lowest BCUT2D eigenvalue weighted by molar-refractivity contribution is 0.0510. The molecule has 4 rings (SSSR count). The van der Waals surface area contributed by atoms with Gasteiger partial charge >= 0.3 is 5.97 Å². The Kier molecular flexibility index (Phi) is 7.28. The van der Waals surface area contributed by atoms with Crippen LogP contribution in [0.25, 0.3) is 20.7 Å². The summed E-state index contributed by atoms with van der Waals surface area (Å²) >= 11 is 1.31. The van der Waals surface area contributed by atoms with E-state index in [9.17, 15) is 18.4 Å². The zero-order valence-corrected chi connectivity index (χ0v) is 20.2. The fourth-order valence-corrected chi connectivity index (χ4v) is 5.09. The van der Waals surface area contributed by atoms with Gasteiger partial charge in [0.05, 0.1) is 18.5 Å². The van der Waals surface area contributed by atoms with Gasteiger partial charge < -0.3 is 18.8 Å². The highest BCUT2D eigenvalue weighted by atomic mass is 32.1. The Balaban J connectivity index is 1.90. The first kappa shape index (κ1) is 24.6. The lowest BCUT2D eigenvalue weighted by Crippen LogP contribution is -2.21. The summed E-state index contributed by atoms with van der Waals surface area (Å²) in [4.78, 5) is 27.2. The summed E-state index contributed by atoms with van der Waals surface area (Å²) < 4.78 is 45.8. The molecule has 0 radical (unpaired) electrons. The summed E-state index contributed by atoms with van der Waals surface area (Å²) in [7, 11) is 1.53. The fraction of sp³-hybridized carbons (Fsp3) is 0.231. The third-order valence-corrected chi connectivity index (χ3v) is 6.87. The molecule has 0 atom stereocenters. The second kappa shape index (κ2) is 10.4. The van der Waals surface area contributed by atoms with Gasteiger partial charge in [0.15, 0.2) is 6.79 Å². The first-order chi connectivity index (χ1) is 16.8. The Morgan fingerprint density at radius 2 is 1.77 bits per heavy atom. The predicted octanol–water partition coefficient (Wildman–Crippen LogP) is 5.52. The molecule has 182 valence electrons. The molecule has 2 aromatic heterocycles. The fourth-order valence-electron chi connectivity index (χ4n) is 3.81. The van der Waals surface area contributed by atoms with Crippen LogP contribution in [0.5, 0.6) is 5.75 Å². The van der Waals surface area contributed by atoms with Crippen molar-refractivity contribution in [2.45, 2.75) is 20.4 Å². The van der Waals surface area contributed by atoms with Gasteiger partial charge in [-0.3, -0.25) is 4.79 Å². The van der Waals surface area contributed by atoms with Gasteiger partial charge in [0.2, 0.25) is 5.43 Å². The van der Waals surface area contributed by atoms with Crippen LogP contribution in [0.1, 0.15) is 28.4 Å². The normalized spacial score (nSPS) is 11.1. The van der Waals surface area contributed by atoms with Crippen molar-refractivity contribution < 1.29 is 27.8 Å². The van der Waals surface area contributed by atoms with E-state index >= 15 is 0 Å². The Labute approximate surface area is 204 Å². The summed E-state index contributed by atoms with van der Waals surface area (Å²) in [6.45, 7) is 3.42. The third-order valence-electron chi connectivity index (χ3n) is 5.49. The number of esters is 1. The van der Waals surface area contributed by atoms with Crippen molar-refractivity contribution >= 4 is 27.5 Å². The van der Waals surface area contributed by atoms with E-state index < -0.39 is 23.0 Å². The van der Waals surface area contributed by atoms with E-state index in [2.05, 4.69) is 0 Å². The molecule has 0 aliphatic heterocycles. The minimum atomic E-state index is -0.783. The average molecular weight is 500 g/mol. The number of aryl methyl sites for hydroxylation is 1. The number of nitrogens with zero attached hydrogens (tertiary/aromatic N) is 1. The molecule has 0 aliphatic rings. The van der Waals surface area contributed by atoms with Crippen LogP contribution in [0.15, 0.2) is 53.5 Å². The van der Waals surface area contributed by atoms with Gasteiger partial charge in [-0.05, 0) is 61.4 Å². The number of pyridine rings is 1. The first-order valence-corrected chi connectivity index (χ1v) is 11.7. The summed E-state index contributed by atoms with van der Waals surface area (Å²) in [5.74, 6) is -1.59. The smallest absolute Gasteiger partial charge is 0.343 e. The van der Waals surface area contributed by atoms with Gasteiger partial charge in [0.1, 0.15) is 27.8 Å². The van der Waals surface area contributed by atoms with Gasteiger partial charge in [0, 0.05) is 23.7 Å². The molecule has 0 fully saturated rings. The summed E-state index contributed by atoms with van der Waals surface area (Å²) in [5, 5.41) is 0.312. The quantitative estimate of drug-likeness (QED) is 0.236. The van der Waals surface area contributed by atoms with E-state index in [1.807, 2.05) is 12.1 Å². The average Bonchev–Trinajstić information content (AvgIpc) is 3.19. The summed E-state index contributed by atoms with van der Waals surface area (Å²) in [6.07, 6.45) is 1.32. The van der Waals surface area contributed by atoms with Gasteiger partial charge in [0.25, 0.3) is 0 Å². The van der Waals surface area contributed by atoms with E-state index in [-0.39, 0.29) is 31.1 Å². The maximum absolute atomic E-state index is 14.4. The molecule has 0 unspecified atom stereocenters. The zero-order valence-electron chi connectivity index (χ0n) is 19.4. The van der Waals surface area contributed by atoms with Crippen LogP contribution in [-0.4, -0.2) is 31.0 Å². The number of ether oxygens (including phenoxy) is 3. The molecule has 0 saturated heterocycles. The number of fused-ring (bicyclic) bond motifs is 1. The molecule has 35 heavy (non-hydrogen) atoms. The van der Waals surface area contributed by atoms with Crippen molar-refractivity contribution in [2.24, 2.45) is 0 Å². The topological polar surface area (TPSA) is 66.8 Å². The number of methoxy groups -OCH3 is 1. The number of rotatable bonds is 8. The molecular weight excluding hydrogens is 476 g/mol. The molecule has 4 aromatic rings. The number of benzene rings is 2. The third kappa shape index (κ3) is 4.82. The second-order valence-corrected chi connectivity index (χ2v) is 8.73. The Hall–Kier alpha value is -3.56. The van der Waals surface area contributed by atoms with Crippen LogP contribution in [0.3, 0.4) is 0 Å². The molecule has 0 amide bonds. The van der Waals surface area contributed by atoms with Crippen molar-refractivity contribution in [1.29, 1.82) is 0 Å². The second-order valence-electron chi connectivity index (χ2n) is 7.73. The zero-order chi connectivity index (χ0) is 25.1. The van der Waals surface area contributed by atoms with Crippen molar-refractivity contribution in [1.82, 2.24) is 4.57 Å². The summed E-state index contributed by atoms with van der Waals surface area (Å²) in [6, 6.07) is 10.9. The molecule has 2 heterocycles. The Bertz CT molecular complexity index is 1420. The molecule has 0 saturated carbocycles. The van der Waals surface area contributed by atoms with E-state index in [0.717, 1.165) is 10.4 Å². The van der Waals surface area contributed by atoms with Crippen LogP contribution < -0.4 is 10.2 Å². The standard InChI is InChI=1S/C26H23F2NO5S/c1-4-33-26(31)19-13-29(12-18-20(27)6-5-7-21(18)28)25-22(23(19)30)15(2)24(35-25)16-8-10-17(11-9-16)34-14-32-3/h5-11,13H,4,12,14H2,1-3H3. The largest absolute Gasteiger partial charge is 0.468 e. The lowest BCUT2D eigenvalue weighted by atomic mass is 10.1. The maximum atomic E-state index is 14.4. The molecule has 0 N–H and O–H groups in total. The van der Waals surface area contributed by atoms with E-state index in [1.165, 1.54) is 47.4 Å². The van der Waals surface area contributed by atoms with Gasteiger partial charge in [-0.25, -0.2) is 13.6 Å². The van der Waals surface area contributed by atoms with Crippen LogP contribution in [0.2, 0.25) is 0 Å². The van der Waals surface area contributed by atoms with Crippen molar-refractivity contribution in [3.05, 3.63) is 87.2 Å². The van der Waals surface area contributed by atoms with E-state index in [4.69, 9.17) is 14.2 Å². The molecule has 0 aliphatic carbocycles. The predicted molar refractivity (Wildman–Crippen MR) is 130 cm³/mol. The Morgan fingerprint density at radius 3 is 2.40 bits per heavy atom. The van der Waals surface area contributed by atoms with Gasteiger partial charge in [-0.2, -0.15) is 0 Å². The highest BCUT2D eigenvalue weighted by Gasteiger charge is 2.23. The number of aromatic nitrogens is 1. The monoisotopic (exact) mass is 499 g/mol. The van der Waals surface area contributed by atoms with Gasteiger partial charge in [-0.1, -0.05) is 6.07 Å². The lowest BCUT2D eigenvalue weighted by Gasteiger charge is -2.12. The molecule has 9 heteroatoms. The molecule has 2 aromatic carbocycles. The number of hydrogen-bond acceptors (Lipinski definition) is 6. The minimum absolute atomic E-state index is 0.0869. The van der Waals surface area contributed by atoms with Crippen molar-refractivity contribution in [3.8, 4) is 16.2 Å². The van der Waals surface area contributed by atoms with Crippen LogP contribution in [0.4, 0.5) is 8.78 Å². The number of hydrogen-bond donors (Lipinski definition) is 0. The van der Waals surface area contributed by atoms with Crippen LogP contribution in [0, 0.1) is 18.6 Å². The molecule has 0 bridgehead atoms. The highest BCUT2D eigenvalue weighted by Crippen LogP contribution is 2.38. The SMILES string of the molecule is CCOC(=O)c1cn(Cc2c(F)cccc2F)c2sc(-c3ccc(OCOC)cc3)c(C)c2c1=O.